The Labute approximate surface area is 127 Å². The lowest BCUT2D eigenvalue weighted by Gasteiger charge is -2.27. The Morgan fingerprint density at radius 1 is 1.10 bits per heavy atom. The van der Waals surface area contributed by atoms with Crippen LogP contribution in [0.15, 0.2) is 0 Å². The van der Waals surface area contributed by atoms with Crippen molar-refractivity contribution in [1.82, 2.24) is 9.97 Å². The molecule has 3 N–H and O–H groups in total. The summed E-state index contributed by atoms with van der Waals surface area (Å²) in [5.41, 5.74) is 1.09. The Balaban J connectivity index is 2.10. The van der Waals surface area contributed by atoms with Crippen LogP contribution in [0.5, 0.6) is 0 Å². The molecular weight excluding hydrogens is 264 g/mol. The molecule has 5 heteroatoms. The highest BCUT2D eigenvalue weighted by molar-refractivity contribution is 5.57. The van der Waals surface area contributed by atoms with Gasteiger partial charge in [-0.2, -0.15) is 0 Å². The minimum atomic E-state index is 0.0301. The third-order valence-corrected chi connectivity index (χ3v) is 4.43. The molecule has 1 aromatic rings. The number of nitrogens with one attached hydrogen (secondary N) is 2. The van der Waals surface area contributed by atoms with Gasteiger partial charge in [-0.15, -0.1) is 0 Å². The van der Waals surface area contributed by atoms with Crippen LogP contribution in [-0.2, 0) is 0 Å². The van der Waals surface area contributed by atoms with Crippen molar-refractivity contribution in [3.05, 3.63) is 11.4 Å². The standard InChI is InChI=1S/C16H28N4O/c1-4-9-17-14-12(2)15(20-13(3)19-14)18-10-16(11-21)7-5-6-8-16/h21H,4-11H2,1-3H3,(H2,17,18,19,20). The number of hydrogen-bond donors (Lipinski definition) is 3. The maximum Gasteiger partial charge on any atom is 0.134 e. The van der Waals surface area contributed by atoms with E-state index in [1.807, 2.05) is 13.8 Å². The average molecular weight is 292 g/mol. The lowest BCUT2D eigenvalue weighted by atomic mass is 9.87. The SMILES string of the molecule is CCCNc1nc(C)nc(NCC2(CO)CCCC2)c1C. The maximum atomic E-state index is 9.70. The molecular formula is C16H28N4O. The fourth-order valence-electron chi connectivity index (χ4n) is 3.00. The van der Waals surface area contributed by atoms with Crippen molar-refractivity contribution < 1.29 is 5.11 Å². The van der Waals surface area contributed by atoms with Crippen molar-refractivity contribution >= 4 is 11.6 Å². The number of hydrogen-bond acceptors (Lipinski definition) is 5. The quantitative estimate of drug-likeness (QED) is 0.721. The minimum absolute atomic E-state index is 0.0301. The summed E-state index contributed by atoms with van der Waals surface area (Å²) in [6.45, 7) is 8.05. The van der Waals surface area contributed by atoms with Crippen LogP contribution in [0.25, 0.3) is 0 Å². The van der Waals surface area contributed by atoms with E-state index in [-0.39, 0.29) is 12.0 Å². The first kappa shape index (κ1) is 16.0. The number of rotatable bonds is 7. The van der Waals surface area contributed by atoms with Gasteiger partial charge in [0, 0.05) is 24.1 Å². The lowest BCUT2D eigenvalue weighted by Crippen LogP contribution is -2.31. The summed E-state index contributed by atoms with van der Waals surface area (Å²) < 4.78 is 0. The zero-order valence-electron chi connectivity index (χ0n) is 13.5. The Kier molecular flexibility index (Phi) is 5.39. The fraction of sp³-hybridized carbons (Fsp3) is 0.750. The molecule has 1 aliphatic carbocycles. The predicted molar refractivity (Wildman–Crippen MR) is 86.8 cm³/mol. The number of aromatic nitrogens is 2. The molecule has 2 rings (SSSR count). The predicted octanol–water partition coefficient (Wildman–Crippen LogP) is 2.88. The normalized spacial score (nSPS) is 17.0. The van der Waals surface area contributed by atoms with Crippen molar-refractivity contribution in [3.8, 4) is 0 Å². The molecule has 1 aliphatic rings. The Bertz CT molecular complexity index is 470. The fourth-order valence-corrected chi connectivity index (χ4v) is 3.00. The second-order valence-electron chi connectivity index (χ2n) is 6.24. The maximum absolute atomic E-state index is 9.70. The molecule has 21 heavy (non-hydrogen) atoms. The van der Waals surface area contributed by atoms with E-state index in [2.05, 4.69) is 27.5 Å². The van der Waals surface area contributed by atoms with Gasteiger partial charge < -0.3 is 15.7 Å². The molecule has 0 aromatic carbocycles. The summed E-state index contributed by atoms with van der Waals surface area (Å²) in [5, 5.41) is 16.5. The Morgan fingerprint density at radius 2 is 1.71 bits per heavy atom. The van der Waals surface area contributed by atoms with E-state index in [1.54, 1.807) is 0 Å². The highest BCUT2D eigenvalue weighted by Gasteiger charge is 2.33. The van der Waals surface area contributed by atoms with E-state index in [0.717, 1.165) is 55.4 Å². The summed E-state index contributed by atoms with van der Waals surface area (Å²) in [7, 11) is 0. The van der Waals surface area contributed by atoms with Gasteiger partial charge >= 0.3 is 0 Å². The van der Waals surface area contributed by atoms with Gasteiger partial charge in [-0.1, -0.05) is 19.8 Å². The van der Waals surface area contributed by atoms with Crippen LogP contribution in [0, 0.1) is 19.3 Å². The van der Waals surface area contributed by atoms with Gasteiger partial charge in [0.05, 0.1) is 6.61 Å². The number of anilines is 2. The zero-order chi connectivity index (χ0) is 15.3. The number of nitrogens with zero attached hydrogens (tertiary/aromatic N) is 2. The number of aryl methyl sites for hydroxylation is 1. The van der Waals surface area contributed by atoms with Crippen molar-refractivity contribution in [1.29, 1.82) is 0 Å². The van der Waals surface area contributed by atoms with Crippen LogP contribution in [-0.4, -0.2) is 34.8 Å². The monoisotopic (exact) mass is 292 g/mol. The highest BCUT2D eigenvalue weighted by Crippen LogP contribution is 2.37. The summed E-state index contributed by atoms with van der Waals surface area (Å²) >= 11 is 0. The molecule has 0 unspecified atom stereocenters. The summed E-state index contributed by atoms with van der Waals surface area (Å²) in [6.07, 6.45) is 5.70. The molecule has 0 bridgehead atoms. The molecule has 0 atom stereocenters. The molecule has 0 aliphatic heterocycles. The van der Waals surface area contributed by atoms with Gasteiger partial charge in [0.15, 0.2) is 0 Å². The zero-order valence-corrected chi connectivity index (χ0v) is 13.5. The summed E-state index contributed by atoms with van der Waals surface area (Å²) in [4.78, 5) is 9.00. The van der Waals surface area contributed by atoms with E-state index in [9.17, 15) is 5.11 Å². The van der Waals surface area contributed by atoms with E-state index in [1.165, 1.54) is 12.8 Å². The molecule has 0 radical (unpaired) electrons. The largest absolute Gasteiger partial charge is 0.396 e. The molecule has 1 heterocycles. The van der Waals surface area contributed by atoms with Crippen LogP contribution in [0.4, 0.5) is 11.6 Å². The minimum Gasteiger partial charge on any atom is -0.396 e. The third kappa shape index (κ3) is 3.84. The van der Waals surface area contributed by atoms with Crippen molar-refractivity contribution in [2.45, 2.75) is 52.9 Å². The highest BCUT2D eigenvalue weighted by atomic mass is 16.3. The molecule has 0 amide bonds. The van der Waals surface area contributed by atoms with Gasteiger partial charge in [0.2, 0.25) is 0 Å². The lowest BCUT2D eigenvalue weighted by molar-refractivity contribution is 0.142. The molecule has 1 fully saturated rings. The number of aliphatic hydroxyl groups is 1. The van der Waals surface area contributed by atoms with E-state index < -0.39 is 0 Å². The van der Waals surface area contributed by atoms with Crippen LogP contribution in [0.1, 0.15) is 50.4 Å². The third-order valence-electron chi connectivity index (χ3n) is 4.43. The first-order valence-corrected chi connectivity index (χ1v) is 8.04. The van der Waals surface area contributed by atoms with Crippen LogP contribution < -0.4 is 10.6 Å². The average Bonchev–Trinajstić information content (AvgIpc) is 2.96. The first-order valence-electron chi connectivity index (χ1n) is 8.04. The van der Waals surface area contributed by atoms with Gasteiger partial charge in [-0.25, -0.2) is 9.97 Å². The van der Waals surface area contributed by atoms with E-state index >= 15 is 0 Å². The van der Waals surface area contributed by atoms with Gasteiger partial charge in [0.1, 0.15) is 17.5 Å². The molecule has 1 saturated carbocycles. The van der Waals surface area contributed by atoms with Gasteiger partial charge in [0.25, 0.3) is 0 Å². The smallest absolute Gasteiger partial charge is 0.134 e. The topological polar surface area (TPSA) is 70.1 Å². The number of aliphatic hydroxyl groups excluding tert-OH is 1. The van der Waals surface area contributed by atoms with Crippen molar-refractivity contribution in [2.24, 2.45) is 5.41 Å². The van der Waals surface area contributed by atoms with Gasteiger partial charge in [-0.3, -0.25) is 0 Å². The second-order valence-corrected chi connectivity index (χ2v) is 6.24. The van der Waals surface area contributed by atoms with Gasteiger partial charge in [-0.05, 0) is 33.1 Å². The molecule has 5 nitrogen and oxygen atoms in total. The molecule has 1 aromatic heterocycles. The van der Waals surface area contributed by atoms with Crippen LogP contribution in [0.3, 0.4) is 0 Å². The van der Waals surface area contributed by atoms with Crippen molar-refractivity contribution in [3.63, 3.8) is 0 Å². The summed E-state index contributed by atoms with van der Waals surface area (Å²) in [5.74, 6) is 2.57. The molecule has 0 saturated heterocycles. The Hall–Kier alpha value is -1.36. The molecule has 0 spiro atoms. The summed E-state index contributed by atoms with van der Waals surface area (Å²) in [6, 6.07) is 0. The van der Waals surface area contributed by atoms with E-state index in [0.29, 0.717) is 0 Å². The van der Waals surface area contributed by atoms with Crippen LogP contribution in [0.2, 0.25) is 0 Å². The Morgan fingerprint density at radius 3 is 2.29 bits per heavy atom. The molecule has 118 valence electrons. The van der Waals surface area contributed by atoms with E-state index in [4.69, 9.17) is 0 Å². The van der Waals surface area contributed by atoms with Crippen molar-refractivity contribution in [2.75, 3.05) is 30.3 Å². The van der Waals surface area contributed by atoms with Crippen LogP contribution >= 0.6 is 0 Å². The second kappa shape index (κ2) is 7.07. The first-order chi connectivity index (χ1) is 10.1.